The maximum absolute atomic E-state index is 8.82. The van der Waals surface area contributed by atoms with Gasteiger partial charge in [-0.25, -0.2) is 0 Å². The van der Waals surface area contributed by atoms with Crippen LogP contribution in [0.2, 0.25) is 0 Å². The van der Waals surface area contributed by atoms with Crippen LogP contribution in [0.1, 0.15) is 96.7 Å². The molecule has 0 N–H and O–H groups in total. The van der Waals surface area contributed by atoms with Crippen LogP contribution in [0, 0.1) is 38.4 Å². The molecular formula is C68H62IrN6O-2. The van der Waals surface area contributed by atoms with E-state index in [-0.39, 0.29) is 31.9 Å². The van der Waals surface area contributed by atoms with Crippen molar-refractivity contribution in [2.45, 2.75) is 87.4 Å². The van der Waals surface area contributed by atoms with Crippen LogP contribution in [0.4, 0.5) is 0 Å². The van der Waals surface area contributed by atoms with Gasteiger partial charge in [-0.15, -0.1) is 18.2 Å². The third-order valence-electron chi connectivity index (χ3n) is 13.9. The summed E-state index contributed by atoms with van der Waals surface area (Å²) in [6.45, 7) is 21.0. The van der Waals surface area contributed by atoms with Crippen LogP contribution in [0.5, 0.6) is 0 Å². The summed E-state index contributed by atoms with van der Waals surface area (Å²) in [6.07, 6.45) is 3.40. The minimum Gasteiger partial charge on any atom is -0.501 e. The molecule has 0 aliphatic heterocycles. The number of rotatable bonds is 9. The Balaban J connectivity index is 0.000000229. The van der Waals surface area contributed by atoms with Crippen LogP contribution in [-0.4, -0.2) is 29.1 Å². The quantitative estimate of drug-likeness (QED) is 0.135. The minimum absolute atomic E-state index is 0. The zero-order valence-corrected chi connectivity index (χ0v) is 47.1. The molecule has 7 nitrogen and oxygen atoms in total. The van der Waals surface area contributed by atoms with Crippen molar-refractivity contribution in [1.29, 1.82) is 0 Å². The van der Waals surface area contributed by atoms with Gasteiger partial charge < -0.3 is 23.5 Å². The Morgan fingerprint density at radius 2 is 1.17 bits per heavy atom. The van der Waals surface area contributed by atoms with Gasteiger partial charge in [0, 0.05) is 45.4 Å². The van der Waals surface area contributed by atoms with E-state index < -0.39 is 11.8 Å². The molecule has 12 rings (SSSR count). The Hall–Kier alpha value is -7.77. The maximum Gasteiger partial charge on any atom is 0.121 e. The van der Waals surface area contributed by atoms with Crippen molar-refractivity contribution in [2.75, 3.05) is 0 Å². The Kier molecular flexibility index (Phi) is 13.6. The molecule has 76 heavy (non-hydrogen) atoms. The van der Waals surface area contributed by atoms with Gasteiger partial charge in [0.05, 0.1) is 39.3 Å². The van der Waals surface area contributed by atoms with Gasteiger partial charge in [0.25, 0.3) is 0 Å². The zero-order chi connectivity index (χ0) is 53.9. The number of benzene rings is 8. The van der Waals surface area contributed by atoms with Gasteiger partial charge in [-0.2, -0.15) is 0 Å². The van der Waals surface area contributed by atoms with E-state index in [1.807, 2.05) is 76.2 Å². The summed E-state index contributed by atoms with van der Waals surface area (Å²) in [6, 6.07) is 60.0. The second-order valence-electron chi connectivity index (χ2n) is 21.2. The van der Waals surface area contributed by atoms with Crippen molar-refractivity contribution in [2.24, 2.45) is 5.41 Å². The summed E-state index contributed by atoms with van der Waals surface area (Å²) in [5, 5.41) is 2.10. The van der Waals surface area contributed by atoms with E-state index in [0.29, 0.717) is 11.4 Å². The molecule has 0 fully saturated rings. The molecule has 0 atom stereocenters. The number of aromatic nitrogens is 6. The van der Waals surface area contributed by atoms with Crippen LogP contribution >= 0.6 is 0 Å². The molecule has 0 saturated heterocycles. The van der Waals surface area contributed by atoms with E-state index in [9.17, 15) is 0 Å². The molecule has 1 radical (unpaired) electrons. The normalized spacial score (nSPS) is 12.3. The molecule has 381 valence electrons. The van der Waals surface area contributed by atoms with E-state index in [2.05, 4.69) is 188 Å². The minimum atomic E-state index is -1.45. The first kappa shape index (κ1) is 49.1. The Bertz CT molecular complexity index is 4100. The van der Waals surface area contributed by atoms with Gasteiger partial charge in [0.2, 0.25) is 0 Å². The summed E-state index contributed by atoms with van der Waals surface area (Å²) in [5.41, 5.74) is 18.9. The monoisotopic (exact) mass is 1170 g/mol. The fourth-order valence-electron chi connectivity index (χ4n) is 10.4. The summed E-state index contributed by atoms with van der Waals surface area (Å²) in [4.78, 5) is 18.7. The predicted molar refractivity (Wildman–Crippen MR) is 310 cm³/mol. The number of fused-ring (bicyclic) bond motifs is 5. The molecule has 0 saturated carbocycles. The second kappa shape index (κ2) is 21.1. The molecule has 0 unspecified atom stereocenters. The molecule has 8 aromatic carbocycles. The summed E-state index contributed by atoms with van der Waals surface area (Å²) in [7, 11) is 0. The number of furan rings is 1. The standard InChI is InChI=1S/C48H45N2O.C20H17N4.Ir/c1-30(2)40-26-36(34-22-20-32(21-23-34)29-48(5,6)7)27-41(31(3)4)45(40)50-43-19-12-11-18-42(43)49-47(50)39-17-13-16-38-37-25-24-35(28-44(37)51-46(38)39)33-14-9-8-10-15-33;1-13-7-6-8-14(2)19(13)24-18-10-5-4-9-17(18)23-20(24)16-11-21-15(3)22-12-16;/h8-16,18-28,30-31H,29H2,1-7H3;4-11H,1-3H3;/q2*-1;/i29D2;;. The average molecular weight is 1170 g/mol. The van der Waals surface area contributed by atoms with Crippen molar-refractivity contribution in [1.82, 2.24) is 29.1 Å². The van der Waals surface area contributed by atoms with Gasteiger partial charge in [0.1, 0.15) is 5.58 Å². The zero-order valence-electron chi connectivity index (χ0n) is 46.7. The Morgan fingerprint density at radius 3 is 1.78 bits per heavy atom. The number of hydrogen-bond acceptors (Lipinski definition) is 5. The fraction of sp³-hybridized carbons (Fsp3) is 0.206. The molecule has 4 heterocycles. The first-order valence-electron chi connectivity index (χ1n) is 26.9. The van der Waals surface area contributed by atoms with Crippen LogP contribution < -0.4 is 0 Å². The molecule has 4 aromatic heterocycles. The number of nitrogens with zero attached hydrogens (tertiary/aromatic N) is 6. The number of hydrogen-bond donors (Lipinski definition) is 0. The van der Waals surface area contributed by atoms with Gasteiger partial charge in [-0.1, -0.05) is 180 Å². The van der Waals surface area contributed by atoms with Crippen molar-refractivity contribution >= 4 is 44.0 Å². The molecule has 12 aromatic rings. The first-order valence-corrected chi connectivity index (χ1v) is 25.9. The molecule has 0 aliphatic carbocycles. The van der Waals surface area contributed by atoms with Gasteiger partial charge in [-0.3, -0.25) is 9.97 Å². The van der Waals surface area contributed by atoms with Gasteiger partial charge in [-0.05, 0) is 143 Å². The fourth-order valence-corrected chi connectivity index (χ4v) is 10.4. The summed E-state index contributed by atoms with van der Waals surface area (Å²) < 4.78 is 28.9. The van der Waals surface area contributed by atoms with Crippen molar-refractivity contribution in [3.05, 3.63) is 216 Å². The third kappa shape index (κ3) is 9.96. The SMILES string of the molecule is Cc1n[c-]c(-c2nc3ccccc3n2-c2c(C)cccc2C)cn1.[2H]C([2H])(c1ccc(-c2cc(C(C)C)c(-n3c(-c4[c-]ccc5c4oc4cc(-c6ccccc6)ccc45)nc4ccccc43)c(C(C)C)c2)cc1)C(C)(C)C.[Ir]. The molecule has 8 heteroatoms. The number of para-hydroxylation sites is 5. The van der Waals surface area contributed by atoms with E-state index in [0.717, 1.165) is 100 Å². The molecule has 0 spiro atoms. The van der Waals surface area contributed by atoms with E-state index >= 15 is 0 Å². The maximum atomic E-state index is 8.82. The van der Waals surface area contributed by atoms with Crippen LogP contribution in [-0.2, 0) is 26.5 Å². The molecule has 0 amide bonds. The van der Waals surface area contributed by atoms with Crippen LogP contribution in [0.25, 0.3) is 100 Å². The first-order chi connectivity index (χ1) is 37.0. The molecule has 0 bridgehead atoms. The largest absolute Gasteiger partial charge is 0.501 e. The average Bonchev–Trinajstić information content (AvgIpc) is 4.32. The third-order valence-corrected chi connectivity index (χ3v) is 13.9. The predicted octanol–water partition coefficient (Wildman–Crippen LogP) is 17.8. The number of imidazole rings is 2. The topological polar surface area (TPSA) is 74.6 Å². The summed E-state index contributed by atoms with van der Waals surface area (Å²) in [5.74, 6) is 2.72. The summed E-state index contributed by atoms with van der Waals surface area (Å²) >= 11 is 0. The van der Waals surface area contributed by atoms with Gasteiger partial charge >= 0.3 is 0 Å². The van der Waals surface area contributed by atoms with Crippen molar-refractivity contribution in [3.8, 4) is 56.4 Å². The smallest absolute Gasteiger partial charge is 0.121 e. The van der Waals surface area contributed by atoms with Crippen LogP contribution in [0.15, 0.2) is 174 Å². The van der Waals surface area contributed by atoms with E-state index in [1.165, 1.54) is 22.3 Å². The van der Waals surface area contributed by atoms with E-state index in [4.69, 9.17) is 17.1 Å². The Labute approximate surface area is 462 Å². The number of aryl methyl sites for hydroxylation is 3. The molecule has 0 aliphatic rings. The van der Waals surface area contributed by atoms with Crippen molar-refractivity contribution < 1.29 is 27.3 Å². The molecular weight excluding hydrogens is 1110 g/mol. The second-order valence-corrected chi connectivity index (χ2v) is 21.2. The van der Waals surface area contributed by atoms with Gasteiger partial charge in [0.15, 0.2) is 0 Å². The van der Waals surface area contributed by atoms with E-state index in [1.54, 1.807) is 6.20 Å². The van der Waals surface area contributed by atoms with Crippen LogP contribution in [0.3, 0.4) is 0 Å². The Morgan fingerprint density at radius 1 is 0.592 bits per heavy atom. The van der Waals surface area contributed by atoms with Crippen molar-refractivity contribution in [3.63, 3.8) is 0 Å².